The molecule has 0 amide bonds. The number of halogens is 2. The van der Waals surface area contributed by atoms with Crippen LogP contribution in [0, 0.1) is 36.5 Å². The van der Waals surface area contributed by atoms with E-state index in [0.717, 1.165) is 16.8 Å². The van der Waals surface area contributed by atoms with Gasteiger partial charge in [0.15, 0.2) is 12.6 Å². The van der Waals surface area contributed by atoms with Gasteiger partial charge >= 0.3 is 0 Å². The van der Waals surface area contributed by atoms with Gasteiger partial charge in [-0.25, -0.2) is 4.68 Å². The van der Waals surface area contributed by atoms with Crippen LogP contribution in [0.1, 0.15) is 65.5 Å². The molecule has 6 rings (SSSR count). The average molecular weight is 775 g/mol. The van der Waals surface area contributed by atoms with Gasteiger partial charge in [0.1, 0.15) is 67.3 Å². The third-order valence-corrected chi connectivity index (χ3v) is 8.99. The van der Waals surface area contributed by atoms with E-state index < -0.39 is 0 Å². The van der Waals surface area contributed by atoms with Crippen LogP contribution in [-0.4, -0.2) is 37.5 Å². The standard InChI is InChI=1S/C40H29Cl2N7O6/c1-24-30(22-54-39-10-37(31(18-50)8-33(39)41)52-20-28-6-26(12-43)14-45-16-28)4-3-5-36(24)49-25(2)35(47-48-49)23-55-40-11-38(32(19-51)9-34(40)42)53-21-29-7-27(13-44)15-46-17-29/h3-11,14-19H,20-23H2,1-2H3. The van der Waals surface area contributed by atoms with Gasteiger partial charge in [-0.05, 0) is 55.3 Å². The third-order valence-electron chi connectivity index (χ3n) is 8.40. The fourth-order valence-electron chi connectivity index (χ4n) is 5.41. The Labute approximate surface area is 325 Å². The van der Waals surface area contributed by atoms with E-state index in [0.29, 0.717) is 52.0 Å². The SMILES string of the molecule is Cc1c(COc2cc(OCc3cncc(C#N)c3)c(C=O)cc2Cl)cccc1-n1nnc(COc2cc(OCc3cncc(C#N)c3)c(C=O)cc2Cl)c1C. The zero-order chi connectivity index (χ0) is 38.9. The Kier molecular flexibility index (Phi) is 12.0. The second-order valence-corrected chi connectivity index (χ2v) is 12.8. The highest BCUT2D eigenvalue weighted by Gasteiger charge is 2.18. The number of nitriles is 2. The molecule has 0 fully saturated rings. The minimum absolute atomic E-state index is 0.0152. The van der Waals surface area contributed by atoms with E-state index in [2.05, 4.69) is 20.3 Å². The van der Waals surface area contributed by atoms with Gasteiger partial charge in [-0.15, -0.1) is 5.10 Å². The molecule has 6 aromatic rings. The van der Waals surface area contributed by atoms with E-state index in [1.165, 1.54) is 30.6 Å². The first-order chi connectivity index (χ1) is 26.7. The van der Waals surface area contributed by atoms with Crippen molar-refractivity contribution in [3.63, 3.8) is 0 Å². The predicted molar refractivity (Wildman–Crippen MR) is 200 cm³/mol. The van der Waals surface area contributed by atoms with Crippen molar-refractivity contribution in [2.75, 3.05) is 0 Å². The van der Waals surface area contributed by atoms with Gasteiger partial charge in [-0.1, -0.05) is 40.5 Å². The average Bonchev–Trinajstić information content (AvgIpc) is 3.58. The van der Waals surface area contributed by atoms with Crippen LogP contribution in [0.2, 0.25) is 10.0 Å². The number of hydrogen-bond acceptors (Lipinski definition) is 12. The molecule has 55 heavy (non-hydrogen) atoms. The number of pyridine rings is 2. The molecule has 0 N–H and O–H groups in total. The van der Waals surface area contributed by atoms with Crippen LogP contribution in [0.15, 0.2) is 79.4 Å². The minimum Gasteiger partial charge on any atom is -0.488 e. The van der Waals surface area contributed by atoms with Crippen molar-refractivity contribution in [1.82, 2.24) is 25.0 Å². The fraction of sp³-hybridized carbons (Fsp3) is 0.150. The Hall–Kier alpha value is -6.80. The van der Waals surface area contributed by atoms with E-state index in [-0.39, 0.29) is 64.8 Å². The molecule has 3 heterocycles. The highest BCUT2D eigenvalue weighted by molar-refractivity contribution is 6.32. The summed E-state index contributed by atoms with van der Waals surface area (Å²) in [5.74, 6) is 1.09. The molecule has 13 nitrogen and oxygen atoms in total. The quantitative estimate of drug-likeness (QED) is 0.0933. The minimum atomic E-state index is 0.0152. The number of rotatable bonds is 15. The van der Waals surface area contributed by atoms with Gasteiger partial charge in [0.05, 0.1) is 43.7 Å². The molecule has 0 radical (unpaired) electrons. The Morgan fingerprint density at radius 3 is 1.75 bits per heavy atom. The summed E-state index contributed by atoms with van der Waals surface area (Å²) in [4.78, 5) is 31.6. The molecular formula is C40H29Cl2N7O6. The molecule has 274 valence electrons. The summed E-state index contributed by atoms with van der Waals surface area (Å²) >= 11 is 12.9. The van der Waals surface area contributed by atoms with Crippen LogP contribution in [0.25, 0.3) is 5.69 Å². The largest absolute Gasteiger partial charge is 0.488 e. The molecule has 3 aromatic heterocycles. The van der Waals surface area contributed by atoms with E-state index in [9.17, 15) is 9.59 Å². The number of benzene rings is 3. The first-order valence-corrected chi connectivity index (χ1v) is 17.2. The van der Waals surface area contributed by atoms with Gasteiger partial charge in [-0.2, -0.15) is 10.5 Å². The van der Waals surface area contributed by atoms with Crippen LogP contribution in [-0.2, 0) is 26.4 Å². The lowest BCUT2D eigenvalue weighted by Gasteiger charge is -2.16. The smallest absolute Gasteiger partial charge is 0.153 e. The van der Waals surface area contributed by atoms with Gasteiger partial charge < -0.3 is 18.9 Å². The number of ether oxygens (including phenoxy) is 4. The molecule has 0 saturated carbocycles. The summed E-state index contributed by atoms with van der Waals surface area (Å²) in [6, 6.07) is 19.1. The fourth-order valence-corrected chi connectivity index (χ4v) is 5.87. The lowest BCUT2D eigenvalue weighted by atomic mass is 10.1. The second kappa shape index (κ2) is 17.4. The lowest BCUT2D eigenvalue weighted by Crippen LogP contribution is -2.07. The van der Waals surface area contributed by atoms with E-state index in [1.54, 1.807) is 35.3 Å². The van der Waals surface area contributed by atoms with Gasteiger partial charge in [0, 0.05) is 48.0 Å². The van der Waals surface area contributed by atoms with Crippen molar-refractivity contribution in [2.24, 2.45) is 0 Å². The summed E-state index contributed by atoms with van der Waals surface area (Å²) < 4.78 is 25.6. The zero-order valence-corrected chi connectivity index (χ0v) is 30.8. The van der Waals surface area contributed by atoms with E-state index in [4.69, 9.17) is 52.7 Å². The number of hydrogen-bond donors (Lipinski definition) is 0. The molecule has 0 unspecified atom stereocenters. The molecule has 3 aromatic carbocycles. The highest BCUT2D eigenvalue weighted by atomic mass is 35.5. The monoisotopic (exact) mass is 773 g/mol. The van der Waals surface area contributed by atoms with Crippen molar-refractivity contribution in [2.45, 2.75) is 40.3 Å². The molecule has 0 spiro atoms. The molecule has 0 saturated heterocycles. The number of carbonyl (C=O) groups is 2. The van der Waals surface area contributed by atoms with Gasteiger partial charge in [-0.3, -0.25) is 19.6 Å². The van der Waals surface area contributed by atoms with E-state index in [1.807, 2.05) is 44.2 Å². The molecule has 0 aliphatic carbocycles. The van der Waals surface area contributed by atoms with Crippen LogP contribution in [0.3, 0.4) is 0 Å². The first kappa shape index (κ1) is 37.9. The van der Waals surface area contributed by atoms with Crippen LogP contribution in [0.5, 0.6) is 23.0 Å². The third kappa shape index (κ3) is 8.88. The maximum atomic E-state index is 11.8. The molecule has 0 atom stereocenters. The molecular weight excluding hydrogens is 745 g/mol. The maximum absolute atomic E-state index is 11.8. The Morgan fingerprint density at radius 2 is 1.22 bits per heavy atom. The Bertz CT molecular complexity index is 2490. The number of aromatic nitrogens is 5. The van der Waals surface area contributed by atoms with Crippen molar-refractivity contribution >= 4 is 35.8 Å². The van der Waals surface area contributed by atoms with Crippen LogP contribution in [0.4, 0.5) is 0 Å². The van der Waals surface area contributed by atoms with Crippen molar-refractivity contribution in [3.05, 3.63) is 145 Å². The topological polar surface area (TPSA) is 175 Å². The first-order valence-electron chi connectivity index (χ1n) is 16.5. The second-order valence-electron chi connectivity index (χ2n) is 12.0. The Morgan fingerprint density at radius 1 is 0.691 bits per heavy atom. The van der Waals surface area contributed by atoms with Crippen molar-refractivity contribution < 1.29 is 28.5 Å². The molecule has 15 heteroatoms. The molecule has 0 aliphatic rings. The summed E-state index contributed by atoms with van der Waals surface area (Å²) in [6.07, 6.45) is 7.32. The summed E-state index contributed by atoms with van der Waals surface area (Å²) in [7, 11) is 0. The van der Waals surface area contributed by atoms with Crippen molar-refractivity contribution in [3.8, 4) is 40.8 Å². The summed E-state index contributed by atoms with van der Waals surface area (Å²) in [6.45, 7) is 4.08. The molecule has 0 bridgehead atoms. The molecule has 0 aliphatic heterocycles. The Balaban J connectivity index is 1.14. The summed E-state index contributed by atoms with van der Waals surface area (Å²) in [5.41, 5.74) is 6.29. The van der Waals surface area contributed by atoms with Crippen LogP contribution >= 0.6 is 23.2 Å². The van der Waals surface area contributed by atoms with Crippen molar-refractivity contribution in [1.29, 1.82) is 10.5 Å². The normalized spacial score (nSPS) is 10.6. The summed E-state index contributed by atoms with van der Waals surface area (Å²) in [5, 5.41) is 27.5. The maximum Gasteiger partial charge on any atom is 0.153 e. The highest BCUT2D eigenvalue weighted by Crippen LogP contribution is 2.35. The van der Waals surface area contributed by atoms with Gasteiger partial charge in [0.25, 0.3) is 0 Å². The number of nitrogens with zero attached hydrogens (tertiary/aromatic N) is 7. The predicted octanol–water partition coefficient (Wildman–Crippen LogP) is 7.67. The zero-order valence-electron chi connectivity index (χ0n) is 29.3. The number of carbonyl (C=O) groups excluding carboxylic acids is 2. The lowest BCUT2D eigenvalue weighted by molar-refractivity contribution is 0.111. The van der Waals surface area contributed by atoms with E-state index >= 15 is 0 Å². The van der Waals surface area contributed by atoms with Crippen LogP contribution < -0.4 is 18.9 Å². The number of aldehydes is 2. The van der Waals surface area contributed by atoms with Gasteiger partial charge in [0.2, 0.25) is 0 Å².